The van der Waals surface area contributed by atoms with Gasteiger partial charge in [0.15, 0.2) is 0 Å². The van der Waals surface area contributed by atoms with E-state index in [1.165, 1.54) is 0 Å². The average Bonchev–Trinajstić information content (AvgIpc) is 2.74. The van der Waals surface area contributed by atoms with E-state index in [9.17, 15) is 4.79 Å². The smallest absolute Gasteiger partial charge is 0.410 e. The molecule has 3 rings (SSSR count). The zero-order chi connectivity index (χ0) is 16.1. The topological polar surface area (TPSA) is 47.4 Å². The van der Waals surface area contributed by atoms with E-state index in [4.69, 9.17) is 4.74 Å². The molecule has 0 fully saturated rings. The zero-order valence-electron chi connectivity index (χ0n) is 13.9. The first-order chi connectivity index (χ1) is 10.2. The van der Waals surface area contributed by atoms with Crippen molar-refractivity contribution < 1.29 is 9.53 Å². The maximum Gasteiger partial charge on any atom is 0.410 e. The number of aromatic nitrogens is 2. The van der Waals surface area contributed by atoms with Crippen LogP contribution in [0, 0.1) is 6.92 Å². The second-order valence-electron chi connectivity index (χ2n) is 7.14. The van der Waals surface area contributed by atoms with E-state index in [0.717, 1.165) is 22.3 Å². The lowest BCUT2D eigenvalue weighted by molar-refractivity contribution is 0.0175. The maximum absolute atomic E-state index is 12.3. The summed E-state index contributed by atoms with van der Waals surface area (Å²) < 4.78 is 7.73. The number of amides is 1. The minimum absolute atomic E-state index is 0.184. The molecule has 22 heavy (non-hydrogen) atoms. The highest BCUT2D eigenvalue weighted by Gasteiger charge is 2.30. The number of hydrogen-bond donors (Lipinski definition) is 0. The third-order valence-electron chi connectivity index (χ3n) is 3.82. The molecular weight excluding hydrogens is 278 g/mol. The lowest BCUT2D eigenvalue weighted by atomic mass is 10.2. The fourth-order valence-corrected chi connectivity index (χ4v) is 3.02. The van der Waals surface area contributed by atoms with Gasteiger partial charge in [0.1, 0.15) is 11.2 Å². The minimum atomic E-state index is -0.469. The van der Waals surface area contributed by atoms with Gasteiger partial charge in [-0.1, -0.05) is 0 Å². The number of hydrogen-bond acceptors (Lipinski definition) is 3. The maximum atomic E-state index is 12.3. The second kappa shape index (κ2) is 5.00. The molecule has 0 aliphatic carbocycles. The number of pyridine rings is 1. The van der Waals surface area contributed by atoms with E-state index >= 15 is 0 Å². The summed E-state index contributed by atoms with van der Waals surface area (Å²) in [5.41, 5.74) is 2.78. The molecule has 0 aromatic carbocycles. The Bertz CT molecular complexity index is 727. The van der Waals surface area contributed by atoms with Crippen LogP contribution >= 0.6 is 0 Å². The Kier molecular flexibility index (Phi) is 3.38. The Labute approximate surface area is 130 Å². The lowest BCUT2D eigenvalue weighted by Gasteiger charge is -2.34. The van der Waals surface area contributed by atoms with E-state index in [0.29, 0.717) is 13.1 Å². The molecule has 0 saturated heterocycles. The average molecular weight is 301 g/mol. The molecule has 1 amide bonds. The Balaban J connectivity index is 1.93. The Morgan fingerprint density at radius 2 is 2.09 bits per heavy atom. The van der Waals surface area contributed by atoms with Crippen molar-refractivity contribution in [1.82, 2.24) is 14.5 Å². The van der Waals surface area contributed by atoms with Gasteiger partial charge in [-0.2, -0.15) is 0 Å². The molecule has 0 N–H and O–H groups in total. The summed E-state index contributed by atoms with van der Waals surface area (Å²) in [7, 11) is 0. The standard InChI is InChI=1S/C17H23N3O2/c1-11-6-13-7-14-10-19(16(21)22-17(3,4)5)9-12(2)20(14)15(13)18-8-11/h6-8,12H,9-10H2,1-5H3. The summed E-state index contributed by atoms with van der Waals surface area (Å²) in [6.45, 7) is 11.0. The van der Waals surface area contributed by atoms with Crippen LogP contribution in [0.25, 0.3) is 11.0 Å². The van der Waals surface area contributed by atoms with E-state index in [-0.39, 0.29) is 12.1 Å². The van der Waals surface area contributed by atoms with Crippen molar-refractivity contribution >= 4 is 17.1 Å². The van der Waals surface area contributed by atoms with Gasteiger partial charge in [-0.15, -0.1) is 0 Å². The molecule has 118 valence electrons. The van der Waals surface area contributed by atoms with Crippen molar-refractivity contribution in [2.45, 2.75) is 52.8 Å². The minimum Gasteiger partial charge on any atom is -0.444 e. The first-order valence-corrected chi connectivity index (χ1v) is 7.69. The van der Waals surface area contributed by atoms with E-state index in [1.807, 2.05) is 33.9 Å². The number of rotatable bonds is 0. The summed E-state index contributed by atoms with van der Waals surface area (Å²) in [5, 5.41) is 1.13. The van der Waals surface area contributed by atoms with E-state index in [1.54, 1.807) is 4.90 Å². The normalized spacial score (nSPS) is 18.4. The van der Waals surface area contributed by atoms with Crippen molar-refractivity contribution in [3.63, 3.8) is 0 Å². The Hall–Kier alpha value is -2.04. The monoisotopic (exact) mass is 301 g/mol. The molecule has 1 atom stereocenters. The highest BCUT2D eigenvalue weighted by molar-refractivity contribution is 5.79. The van der Waals surface area contributed by atoms with Crippen molar-refractivity contribution in [3.8, 4) is 0 Å². The lowest BCUT2D eigenvalue weighted by Crippen LogP contribution is -2.42. The molecule has 1 aliphatic rings. The van der Waals surface area contributed by atoms with E-state index < -0.39 is 5.60 Å². The van der Waals surface area contributed by atoms with Gasteiger partial charge in [0.2, 0.25) is 0 Å². The SMILES string of the molecule is Cc1cnc2c(c1)cc1n2C(C)CN(C(=O)OC(C)(C)C)C1. The van der Waals surface area contributed by atoms with Gasteiger partial charge >= 0.3 is 6.09 Å². The van der Waals surface area contributed by atoms with Gasteiger partial charge in [-0.05, 0) is 52.3 Å². The summed E-state index contributed by atoms with van der Waals surface area (Å²) in [4.78, 5) is 18.7. The Morgan fingerprint density at radius 1 is 1.36 bits per heavy atom. The molecule has 5 nitrogen and oxygen atoms in total. The molecule has 0 saturated carbocycles. The number of ether oxygens (including phenoxy) is 1. The van der Waals surface area contributed by atoms with Gasteiger partial charge in [-0.25, -0.2) is 9.78 Å². The molecule has 3 heterocycles. The largest absolute Gasteiger partial charge is 0.444 e. The van der Waals surface area contributed by atoms with Crippen LogP contribution in [0.3, 0.4) is 0 Å². The predicted molar refractivity (Wildman–Crippen MR) is 85.8 cm³/mol. The molecule has 1 unspecified atom stereocenters. The number of fused-ring (bicyclic) bond motifs is 3. The van der Waals surface area contributed by atoms with Crippen LogP contribution in [-0.2, 0) is 11.3 Å². The molecule has 2 aromatic rings. The summed E-state index contributed by atoms with van der Waals surface area (Å²) >= 11 is 0. The first-order valence-electron chi connectivity index (χ1n) is 7.69. The zero-order valence-corrected chi connectivity index (χ0v) is 13.9. The quantitative estimate of drug-likeness (QED) is 0.746. The van der Waals surface area contributed by atoms with Crippen molar-refractivity contribution in [2.75, 3.05) is 6.54 Å². The molecule has 5 heteroatoms. The number of carbonyl (C=O) groups excluding carboxylic acids is 1. The van der Waals surface area contributed by atoms with Crippen LogP contribution in [-0.4, -0.2) is 32.7 Å². The molecule has 0 radical (unpaired) electrons. The van der Waals surface area contributed by atoms with Crippen LogP contribution in [0.2, 0.25) is 0 Å². The third kappa shape index (κ3) is 2.67. The van der Waals surface area contributed by atoms with Crippen LogP contribution in [0.1, 0.15) is 45.0 Å². The molecule has 0 spiro atoms. The second-order valence-corrected chi connectivity index (χ2v) is 7.14. The number of carbonyl (C=O) groups is 1. The summed E-state index contributed by atoms with van der Waals surface area (Å²) in [6, 6.07) is 4.45. The van der Waals surface area contributed by atoms with Crippen LogP contribution < -0.4 is 0 Å². The van der Waals surface area contributed by atoms with E-state index in [2.05, 4.69) is 28.6 Å². The highest BCUT2D eigenvalue weighted by Crippen LogP contribution is 2.29. The Morgan fingerprint density at radius 3 is 2.77 bits per heavy atom. The molecule has 0 bridgehead atoms. The van der Waals surface area contributed by atoms with Gasteiger partial charge in [0.05, 0.1) is 12.6 Å². The molecule has 1 aliphatic heterocycles. The summed E-state index contributed by atoms with van der Waals surface area (Å²) in [5.74, 6) is 0. The molecular formula is C17H23N3O2. The van der Waals surface area contributed by atoms with Gasteiger partial charge in [0.25, 0.3) is 0 Å². The van der Waals surface area contributed by atoms with Crippen molar-refractivity contribution in [2.24, 2.45) is 0 Å². The first kappa shape index (κ1) is 14.9. The van der Waals surface area contributed by atoms with Crippen molar-refractivity contribution in [3.05, 3.63) is 29.6 Å². The molecule has 2 aromatic heterocycles. The van der Waals surface area contributed by atoms with Crippen LogP contribution in [0.4, 0.5) is 4.79 Å². The van der Waals surface area contributed by atoms with Crippen molar-refractivity contribution in [1.29, 1.82) is 0 Å². The highest BCUT2D eigenvalue weighted by atomic mass is 16.6. The van der Waals surface area contributed by atoms with Gasteiger partial charge in [-0.3, -0.25) is 0 Å². The fraction of sp³-hybridized carbons (Fsp3) is 0.529. The van der Waals surface area contributed by atoms with Crippen LogP contribution in [0.15, 0.2) is 18.3 Å². The van der Waals surface area contributed by atoms with Gasteiger partial charge in [0, 0.05) is 23.8 Å². The third-order valence-corrected chi connectivity index (χ3v) is 3.82. The van der Waals surface area contributed by atoms with Gasteiger partial charge < -0.3 is 14.2 Å². The number of aryl methyl sites for hydroxylation is 1. The van der Waals surface area contributed by atoms with Crippen LogP contribution in [0.5, 0.6) is 0 Å². The predicted octanol–water partition coefficient (Wildman–Crippen LogP) is 3.66. The fourth-order valence-electron chi connectivity index (χ4n) is 3.02. The summed E-state index contributed by atoms with van der Waals surface area (Å²) in [6.07, 6.45) is 1.64. The number of nitrogens with zero attached hydrogens (tertiary/aromatic N) is 3.